The van der Waals surface area contributed by atoms with Gasteiger partial charge in [0, 0.05) is 0 Å². The zero-order valence-corrected chi connectivity index (χ0v) is 13.8. The van der Waals surface area contributed by atoms with Crippen molar-refractivity contribution in [3.05, 3.63) is 47.5 Å². The number of rotatable bonds is 4. The summed E-state index contributed by atoms with van der Waals surface area (Å²) in [5.41, 5.74) is 0.731. The summed E-state index contributed by atoms with van der Waals surface area (Å²) >= 11 is 0. The third-order valence-corrected chi connectivity index (χ3v) is 4.87. The predicted molar refractivity (Wildman–Crippen MR) is 82.1 cm³/mol. The fourth-order valence-corrected chi connectivity index (χ4v) is 3.40. The van der Waals surface area contributed by atoms with Gasteiger partial charge in [-0.15, -0.1) is 0 Å². The minimum absolute atomic E-state index is 0.214. The normalized spacial score (nSPS) is 12.2. The van der Waals surface area contributed by atoms with Crippen molar-refractivity contribution in [3.63, 3.8) is 0 Å². The Morgan fingerprint density at radius 2 is 1.09 bits per heavy atom. The maximum absolute atomic E-state index is 11.5. The second kappa shape index (κ2) is 5.93. The van der Waals surface area contributed by atoms with Gasteiger partial charge in [0.2, 0.25) is 0 Å². The molecule has 0 saturated heterocycles. The highest BCUT2D eigenvalue weighted by Crippen LogP contribution is 2.37. The minimum atomic E-state index is -4.57. The van der Waals surface area contributed by atoms with Crippen molar-refractivity contribution >= 4 is 20.2 Å². The van der Waals surface area contributed by atoms with Gasteiger partial charge in [-0.3, -0.25) is 9.11 Å². The summed E-state index contributed by atoms with van der Waals surface area (Å²) in [6.45, 7) is 3.07. The van der Waals surface area contributed by atoms with E-state index in [9.17, 15) is 25.9 Å². The maximum Gasteiger partial charge on any atom is 0.298 e. The molecule has 0 amide bonds. The molecule has 124 valence electrons. The molecular weight excluding hydrogens is 344 g/mol. The molecule has 2 aromatic rings. The van der Waals surface area contributed by atoms with Crippen LogP contribution in [0, 0.1) is 13.8 Å². The lowest BCUT2D eigenvalue weighted by Gasteiger charge is -2.15. The molecule has 0 saturated carbocycles. The molecule has 0 radical (unpaired) electrons. The van der Waals surface area contributed by atoms with Gasteiger partial charge in [-0.1, -0.05) is 24.3 Å². The van der Waals surface area contributed by atoms with Crippen LogP contribution in [0.5, 0.6) is 11.5 Å². The number of ether oxygens (including phenoxy) is 1. The fourth-order valence-electron chi connectivity index (χ4n) is 2.02. The number of benzene rings is 2. The van der Waals surface area contributed by atoms with Crippen molar-refractivity contribution in [1.29, 1.82) is 0 Å². The molecule has 0 bridgehead atoms. The lowest BCUT2D eigenvalue weighted by atomic mass is 10.2. The topological polar surface area (TPSA) is 118 Å². The molecule has 0 aliphatic rings. The summed E-state index contributed by atoms with van der Waals surface area (Å²) in [4.78, 5) is -0.996. The summed E-state index contributed by atoms with van der Waals surface area (Å²) in [5, 5.41) is 0. The van der Waals surface area contributed by atoms with E-state index in [-0.39, 0.29) is 11.5 Å². The van der Waals surface area contributed by atoms with Gasteiger partial charge in [0.05, 0.1) is 0 Å². The van der Waals surface area contributed by atoms with E-state index in [0.717, 1.165) is 12.1 Å². The molecule has 2 aromatic carbocycles. The van der Waals surface area contributed by atoms with Crippen molar-refractivity contribution in [2.75, 3.05) is 0 Å². The average Bonchev–Trinajstić information content (AvgIpc) is 2.40. The highest BCUT2D eigenvalue weighted by molar-refractivity contribution is 7.86. The molecule has 0 aromatic heterocycles. The molecule has 2 N–H and O–H groups in total. The molecule has 23 heavy (non-hydrogen) atoms. The van der Waals surface area contributed by atoms with Crippen molar-refractivity contribution in [2.45, 2.75) is 23.6 Å². The van der Waals surface area contributed by atoms with Crippen LogP contribution in [0.1, 0.15) is 11.1 Å². The van der Waals surface area contributed by atoms with Gasteiger partial charge >= 0.3 is 0 Å². The zero-order chi connectivity index (χ0) is 17.4. The fraction of sp³-hybridized carbons (Fsp3) is 0.143. The predicted octanol–water partition coefficient (Wildman–Crippen LogP) is 2.59. The van der Waals surface area contributed by atoms with Gasteiger partial charge in [0.1, 0.15) is 9.79 Å². The maximum atomic E-state index is 11.5. The lowest BCUT2D eigenvalue weighted by Crippen LogP contribution is -2.06. The van der Waals surface area contributed by atoms with Gasteiger partial charge in [-0.25, -0.2) is 0 Å². The van der Waals surface area contributed by atoms with E-state index in [0.29, 0.717) is 11.1 Å². The van der Waals surface area contributed by atoms with Crippen LogP contribution in [-0.4, -0.2) is 25.9 Å². The SMILES string of the molecule is Cc1cccc(S(=O)(=O)O)c1Oc1c(C)cccc1S(=O)(=O)O. The molecule has 0 fully saturated rings. The van der Waals surface area contributed by atoms with Crippen LogP contribution in [0.2, 0.25) is 0 Å². The largest absolute Gasteiger partial charge is 0.454 e. The molecule has 2 rings (SSSR count). The van der Waals surface area contributed by atoms with Gasteiger partial charge < -0.3 is 4.74 Å². The highest BCUT2D eigenvalue weighted by Gasteiger charge is 2.23. The number of hydrogen-bond acceptors (Lipinski definition) is 5. The Kier molecular flexibility index (Phi) is 4.49. The average molecular weight is 358 g/mol. The Labute approximate surface area is 134 Å². The Bertz CT molecular complexity index is 881. The first-order chi connectivity index (χ1) is 10.5. The van der Waals surface area contributed by atoms with Gasteiger partial charge in [0.15, 0.2) is 11.5 Å². The van der Waals surface area contributed by atoms with E-state index in [1.54, 1.807) is 0 Å². The quantitative estimate of drug-likeness (QED) is 0.806. The van der Waals surface area contributed by atoms with E-state index in [4.69, 9.17) is 4.74 Å². The molecule has 0 unspecified atom stereocenters. The van der Waals surface area contributed by atoms with E-state index in [2.05, 4.69) is 0 Å². The van der Waals surface area contributed by atoms with Crippen molar-refractivity contribution in [3.8, 4) is 11.5 Å². The van der Waals surface area contributed by atoms with Crippen LogP contribution in [0.4, 0.5) is 0 Å². The van der Waals surface area contributed by atoms with E-state index in [1.807, 2.05) is 0 Å². The van der Waals surface area contributed by atoms with Crippen molar-refractivity contribution in [2.24, 2.45) is 0 Å². The Balaban J connectivity index is 2.72. The summed E-state index contributed by atoms with van der Waals surface area (Å²) in [5.74, 6) is -0.427. The Morgan fingerprint density at radius 3 is 1.39 bits per heavy atom. The molecule has 0 atom stereocenters. The smallest absolute Gasteiger partial charge is 0.298 e. The minimum Gasteiger partial charge on any atom is -0.454 e. The first-order valence-corrected chi connectivity index (χ1v) is 9.22. The summed E-state index contributed by atoms with van der Waals surface area (Å²) in [6, 6.07) is 8.15. The van der Waals surface area contributed by atoms with Gasteiger partial charge in [0.25, 0.3) is 20.2 Å². The number of para-hydroxylation sites is 2. The molecule has 7 nitrogen and oxygen atoms in total. The summed E-state index contributed by atoms with van der Waals surface area (Å²) in [7, 11) is -9.15. The summed E-state index contributed by atoms with van der Waals surface area (Å²) in [6.07, 6.45) is 0. The molecule has 0 aliphatic heterocycles. The second-order valence-electron chi connectivity index (χ2n) is 4.86. The van der Waals surface area contributed by atoms with Crippen LogP contribution < -0.4 is 4.74 Å². The third kappa shape index (κ3) is 3.70. The van der Waals surface area contributed by atoms with Gasteiger partial charge in [-0.05, 0) is 37.1 Å². The monoisotopic (exact) mass is 358 g/mol. The van der Waals surface area contributed by atoms with Crippen LogP contribution in [0.3, 0.4) is 0 Å². The Hall–Kier alpha value is -1.94. The molecule has 0 heterocycles. The first-order valence-electron chi connectivity index (χ1n) is 6.34. The number of aryl methyl sites for hydroxylation is 2. The molecule has 9 heteroatoms. The van der Waals surface area contributed by atoms with E-state index < -0.39 is 30.0 Å². The molecule has 0 spiro atoms. The lowest BCUT2D eigenvalue weighted by molar-refractivity contribution is 0.429. The third-order valence-electron chi connectivity index (χ3n) is 3.11. The standard InChI is InChI=1S/C14H14O7S2/c1-9-5-3-7-11(22(15,16)17)13(9)21-14-10(2)6-4-8-12(14)23(18,19)20/h3-8H,1-2H3,(H,15,16,17)(H,18,19,20). The zero-order valence-electron chi connectivity index (χ0n) is 12.2. The highest BCUT2D eigenvalue weighted by atomic mass is 32.2. The number of hydrogen-bond donors (Lipinski definition) is 2. The van der Waals surface area contributed by atoms with E-state index in [1.165, 1.54) is 38.1 Å². The van der Waals surface area contributed by atoms with Crippen LogP contribution in [-0.2, 0) is 20.2 Å². The first kappa shape index (κ1) is 17.4. The summed E-state index contributed by atoms with van der Waals surface area (Å²) < 4.78 is 70.0. The molecular formula is C14H14O7S2. The molecule has 0 aliphatic carbocycles. The Morgan fingerprint density at radius 1 is 0.739 bits per heavy atom. The van der Waals surface area contributed by atoms with E-state index >= 15 is 0 Å². The van der Waals surface area contributed by atoms with Crippen molar-refractivity contribution in [1.82, 2.24) is 0 Å². The van der Waals surface area contributed by atoms with Crippen LogP contribution in [0.25, 0.3) is 0 Å². The van der Waals surface area contributed by atoms with Gasteiger partial charge in [-0.2, -0.15) is 16.8 Å². The van der Waals surface area contributed by atoms with Crippen LogP contribution >= 0.6 is 0 Å². The second-order valence-corrected chi connectivity index (χ2v) is 7.64. The van der Waals surface area contributed by atoms with Crippen LogP contribution in [0.15, 0.2) is 46.2 Å². The van der Waals surface area contributed by atoms with Crippen molar-refractivity contribution < 1.29 is 30.7 Å².